The van der Waals surface area contributed by atoms with Crippen LogP contribution in [0.1, 0.15) is 0 Å². The van der Waals surface area contributed by atoms with E-state index >= 15 is 0 Å². The van der Waals surface area contributed by atoms with Gasteiger partial charge in [-0.2, -0.15) is 0 Å². The largest absolute Gasteiger partial charge is 0.410 e. The van der Waals surface area contributed by atoms with E-state index < -0.39 is 14.3 Å². The van der Waals surface area contributed by atoms with Crippen molar-refractivity contribution >= 4 is 14.3 Å². The summed E-state index contributed by atoms with van der Waals surface area (Å²) in [6, 6.07) is 0. The van der Waals surface area contributed by atoms with Crippen molar-refractivity contribution in [2.45, 2.75) is 0 Å². The van der Waals surface area contributed by atoms with Gasteiger partial charge in [0, 0.05) is 7.11 Å². The lowest BCUT2D eigenvalue weighted by molar-refractivity contribution is 0.204. The Bertz CT molecular complexity index is 113. The van der Waals surface area contributed by atoms with E-state index in [2.05, 4.69) is 14.8 Å². The van der Waals surface area contributed by atoms with Gasteiger partial charge in [0.2, 0.25) is 0 Å². The van der Waals surface area contributed by atoms with Crippen LogP contribution in [0.15, 0.2) is 0 Å². The summed E-state index contributed by atoms with van der Waals surface area (Å²) in [6.07, 6.45) is -1.09. The van der Waals surface area contributed by atoms with Crippen molar-refractivity contribution in [1.82, 2.24) is 0 Å². The maximum Gasteiger partial charge on any atom is 0.410 e. The first-order valence-electron chi connectivity index (χ1n) is 1.72. The fourth-order valence-electron chi connectivity index (χ4n) is 0.124. The van der Waals surface area contributed by atoms with E-state index in [1.54, 1.807) is 0 Å². The Morgan fingerprint density at radius 3 is 2.38 bits per heavy atom. The van der Waals surface area contributed by atoms with Crippen molar-refractivity contribution in [2.75, 3.05) is 7.11 Å². The zero-order valence-electron chi connectivity index (χ0n) is 4.21. The molecular formula is C2H6NO4P. The molecule has 0 aromatic rings. The Labute approximate surface area is 46.7 Å². The number of carbonyl (C=O) groups is 1. The summed E-state index contributed by atoms with van der Waals surface area (Å²) in [4.78, 5) is 9.71. The van der Waals surface area contributed by atoms with Crippen LogP contribution in [-0.4, -0.2) is 13.2 Å². The van der Waals surface area contributed by atoms with E-state index in [1.807, 2.05) is 0 Å². The molecule has 0 aromatic carbocycles. The molecule has 0 heterocycles. The Kier molecular flexibility index (Phi) is 3.23. The maximum atomic E-state index is 10.1. The number of rotatable bonds is 2. The van der Waals surface area contributed by atoms with Gasteiger partial charge in [-0.25, -0.2) is 9.36 Å². The minimum absolute atomic E-state index is 1.09. The minimum atomic E-state index is -2.65. The molecule has 0 aliphatic heterocycles. The lowest BCUT2D eigenvalue weighted by atomic mass is 11.3. The first-order chi connectivity index (χ1) is 3.66. The molecule has 1 atom stereocenters. The summed E-state index contributed by atoms with van der Waals surface area (Å²) in [7, 11) is -1.50. The molecule has 0 spiro atoms. The van der Waals surface area contributed by atoms with Gasteiger partial charge in [0.25, 0.3) is 0 Å². The minimum Gasteiger partial charge on any atom is -0.377 e. The average Bonchev–Trinajstić information content (AvgIpc) is 1.65. The third-order valence-electron chi connectivity index (χ3n) is 0.351. The zero-order chi connectivity index (χ0) is 6.57. The predicted octanol–water partition coefficient (Wildman–Crippen LogP) is 0.118. The van der Waals surface area contributed by atoms with Gasteiger partial charge in [0.05, 0.1) is 0 Å². The number of primary amides is 1. The molecule has 0 saturated carbocycles. The Morgan fingerprint density at radius 2 is 2.25 bits per heavy atom. The van der Waals surface area contributed by atoms with Gasteiger partial charge in [0.15, 0.2) is 0 Å². The van der Waals surface area contributed by atoms with Gasteiger partial charge in [-0.1, -0.05) is 0 Å². The van der Waals surface area contributed by atoms with Crippen LogP contribution in [0.3, 0.4) is 0 Å². The van der Waals surface area contributed by atoms with E-state index in [-0.39, 0.29) is 0 Å². The Hall–Kier alpha value is -0.540. The fraction of sp³-hybridized carbons (Fsp3) is 0.500. The Morgan fingerprint density at radius 1 is 1.75 bits per heavy atom. The van der Waals surface area contributed by atoms with Gasteiger partial charge in [-0.05, 0) is 0 Å². The van der Waals surface area contributed by atoms with Crippen molar-refractivity contribution in [1.29, 1.82) is 0 Å². The summed E-state index contributed by atoms with van der Waals surface area (Å²) in [5, 5.41) is 0. The van der Waals surface area contributed by atoms with Crippen LogP contribution in [0.5, 0.6) is 0 Å². The average molecular weight is 139 g/mol. The van der Waals surface area contributed by atoms with Gasteiger partial charge in [-0.15, -0.1) is 0 Å². The molecule has 1 unspecified atom stereocenters. The molecule has 5 nitrogen and oxygen atoms in total. The molecule has 0 fully saturated rings. The molecule has 0 radical (unpaired) electrons. The standard InChI is InChI=1S/C2H6NO4P/c1-6-8(5)7-2(3)4/h8H,1H3,(H2,3,4). The van der Waals surface area contributed by atoms with Crippen molar-refractivity contribution in [3.8, 4) is 0 Å². The second-order valence-corrected chi connectivity index (χ2v) is 1.99. The number of carbonyl (C=O) groups excluding carboxylic acids is 1. The van der Waals surface area contributed by atoms with Gasteiger partial charge in [0.1, 0.15) is 0 Å². The van der Waals surface area contributed by atoms with Crippen LogP contribution in [0, 0.1) is 0 Å². The van der Waals surface area contributed by atoms with Crippen LogP contribution in [0.4, 0.5) is 4.79 Å². The molecule has 0 aromatic heterocycles. The summed E-state index contributed by atoms with van der Waals surface area (Å²) in [5.41, 5.74) is 4.45. The van der Waals surface area contributed by atoms with E-state index in [1.165, 1.54) is 0 Å². The second-order valence-electron chi connectivity index (χ2n) is 0.875. The highest BCUT2D eigenvalue weighted by molar-refractivity contribution is 7.33. The topological polar surface area (TPSA) is 78.6 Å². The smallest absolute Gasteiger partial charge is 0.377 e. The van der Waals surface area contributed by atoms with E-state index in [9.17, 15) is 9.36 Å². The van der Waals surface area contributed by atoms with Crippen molar-refractivity contribution in [2.24, 2.45) is 5.73 Å². The molecule has 8 heavy (non-hydrogen) atoms. The van der Waals surface area contributed by atoms with Crippen LogP contribution in [-0.2, 0) is 13.6 Å². The molecule has 0 rings (SSSR count). The molecular weight excluding hydrogens is 133 g/mol. The first-order valence-corrected chi connectivity index (χ1v) is 2.94. The number of nitrogens with two attached hydrogens (primary N) is 1. The molecule has 0 saturated heterocycles. The summed E-state index contributed by atoms with van der Waals surface area (Å²) < 4.78 is 18.0. The summed E-state index contributed by atoms with van der Waals surface area (Å²) >= 11 is 0. The first kappa shape index (κ1) is 7.46. The molecule has 6 heteroatoms. The van der Waals surface area contributed by atoms with E-state index in [0.29, 0.717) is 0 Å². The fourth-order valence-corrected chi connectivity index (χ4v) is 0.371. The maximum absolute atomic E-state index is 10.1. The Balaban J connectivity index is 3.40. The molecule has 48 valence electrons. The van der Waals surface area contributed by atoms with E-state index in [0.717, 1.165) is 7.11 Å². The second kappa shape index (κ2) is 3.46. The molecule has 1 amide bonds. The molecule has 0 bridgehead atoms. The van der Waals surface area contributed by atoms with Gasteiger partial charge < -0.3 is 14.8 Å². The highest BCUT2D eigenvalue weighted by Gasteiger charge is 1.98. The number of amides is 1. The van der Waals surface area contributed by atoms with Gasteiger partial charge >= 0.3 is 14.3 Å². The number of hydrogen-bond acceptors (Lipinski definition) is 4. The van der Waals surface area contributed by atoms with Crippen molar-refractivity contribution < 1.29 is 18.4 Å². The predicted molar refractivity (Wildman–Crippen MR) is 26.7 cm³/mol. The normalized spacial score (nSPS) is 12.6. The lowest BCUT2D eigenvalue weighted by Crippen LogP contribution is -2.08. The van der Waals surface area contributed by atoms with Crippen LogP contribution < -0.4 is 5.73 Å². The zero-order valence-corrected chi connectivity index (χ0v) is 5.21. The third-order valence-corrected chi connectivity index (χ3v) is 1.05. The summed E-state index contributed by atoms with van der Waals surface area (Å²) in [6.45, 7) is 0. The van der Waals surface area contributed by atoms with Crippen molar-refractivity contribution in [3.63, 3.8) is 0 Å². The van der Waals surface area contributed by atoms with Crippen molar-refractivity contribution in [3.05, 3.63) is 0 Å². The van der Waals surface area contributed by atoms with Crippen LogP contribution >= 0.6 is 8.25 Å². The van der Waals surface area contributed by atoms with Gasteiger partial charge in [-0.3, -0.25) is 0 Å². The van der Waals surface area contributed by atoms with E-state index in [4.69, 9.17) is 0 Å². The lowest BCUT2D eigenvalue weighted by Gasteiger charge is -1.94. The van der Waals surface area contributed by atoms with Crippen LogP contribution in [0.2, 0.25) is 0 Å². The quantitative estimate of drug-likeness (QED) is 0.551. The molecule has 2 N–H and O–H groups in total. The monoisotopic (exact) mass is 139 g/mol. The molecule has 0 aliphatic rings. The highest BCUT2D eigenvalue weighted by atomic mass is 31.1. The third kappa shape index (κ3) is 3.64. The summed E-state index contributed by atoms with van der Waals surface area (Å²) in [5.74, 6) is 0. The SMILES string of the molecule is CO[PH](=O)OC(N)=O. The number of hydrogen-bond donors (Lipinski definition) is 1. The van der Waals surface area contributed by atoms with Crippen LogP contribution in [0.25, 0.3) is 0 Å². The molecule has 0 aliphatic carbocycles. The highest BCUT2D eigenvalue weighted by Crippen LogP contribution is 2.20.